The average Bonchev–Trinajstić information content (AvgIpc) is 2.45. The summed E-state index contributed by atoms with van der Waals surface area (Å²) in [7, 11) is -1.09. The Morgan fingerprint density at radius 2 is 1.96 bits per heavy atom. The van der Waals surface area contributed by atoms with E-state index in [9.17, 15) is 18.5 Å². The van der Waals surface area contributed by atoms with Crippen LogP contribution in [0.15, 0.2) is 23.1 Å². The van der Waals surface area contributed by atoms with Crippen molar-refractivity contribution in [3.05, 3.63) is 28.3 Å². The van der Waals surface area contributed by atoms with Crippen LogP contribution in [0.2, 0.25) is 0 Å². The molecule has 1 aromatic carbocycles. The molecular weight excluding hydrogens is 346 g/mol. The highest BCUT2D eigenvalue weighted by atomic mass is 35.5. The smallest absolute Gasteiger partial charge is 0.310 e. The molecule has 0 heterocycles. The number of benzene rings is 1. The van der Waals surface area contributed by atoms with Crippen molar-refractivity contribution in [3.63, 3.8) is 0 Å². The van der Waals surface area contributed by atoms with Gasteiger partial charge in [0.2, 0.25) is 10.0 Å². The topological polar surface area (TPSA) is 116 Å². The first-order valence-electron chi connectivity index (χ1n) is 6.54. The fraction of sp³-hybridized carbons (Fsp3) is 0.538. The summed E-state index contributed by atoms with van der Waals surface area (Å²) < 4.78 is 31.2. The third-order valence-electron chi connectivity index (χ3n) is 3.26. The fourth-order valence-electron chi connectivity index (χ4n) is 1.90. The first kappa shape index (κ1) is 21.6. The number of hydrogen-bond acceptors (Lipinski definition) is 6. The van der Waals surface area contributed by atoms with E-state index in [1.165, 1.54) is 24.5 Å². The minimum atomic E-state index is -3.78. The van der Waals surface area contributed by atoms with Crippen molar-refractivity contribution < 1.29 is 18.1 Å². The molecular formula is C13H22ClN3O5S. The molecule has 0 atom stereocenters. The van der Waals surface area contributed by atoms with E-state index < -0.39 is 14.9 Å². The Bertz CT molecular complexity index is 664. The Morgan fingerprint density at radius 3 is 2.39 bits per heavy atom. The summed E-state index contributed by atoms with van der Waals surface area (Å²) in [6.07, 6.45) is 0. The summed E-state index contributed by atoms with van der Waals surface area (Å²) in [5, 5.41) is 10.9. The first-order valence-corrected chi connectivity index (χ1v) is 7.98. The van der Waals surface area contributed by atoms with Gasteiger partial charge in [-0.05, 0) is 18.0 Å². The van der Waals surface area contributed by atoms with Crippen molar-refractivity contribution in [2.24, 2.45) is 11.1 Å². The number of halogens is 1. The Hall–Kier alpha value is -1.42. The molecule has 10 heteroatoms. The number of nitro groups is 1. The van der Waals surface area contributed by atoms with Crippen LogP contribution in [0.4, 0.5) is 5.69 Å². The summed E-state index contributed by atoms with van der Waals surface area (Å²) in [6.45, 7) is 4.27. The Balaban J connectivity index is 0.00000484. The Labute approximate surface area is 142 Å². The highest BCUT2D eigenvalue weighted by Gasteiger charge is 2.29. The lowest BCUT2D eigenvalue weighted by atomic mass is 9.94. The second-order valence-corrected chi connectivity index (χ2v) is 7.77. The van der Waals surface area contributed by atoms with Crippen LogP contribution in [0.5, 0.6) is 5.75 Å². The zero-order valence-electron chi connectivity index (χ0n) is 13.5. The minimum absolute atomic E-state index is 0. The largest absolute Gasteiger partial charge is 0.490 e. The van der Waals surface area contributed by atoms with E-state index in [-0.39, 0.29) is 40.7 Å². The molecule has 1 aromatic rings. The predicted molar refractivity (Wildman–Crippen MR) is 89.5 cm³/mol. The van der Waals surface area contributed by atoms with Crippen molar-refractivity contribution in [2.75, 3.05) is 27.2 Å². The summed E-state index contributed by atoms with van der Waals surface area (Å²) in [5.74, 6) is -0.0995. The van der Waals surface area contributed by atoms with Crippen LogP contribution >= 0.6 is 12.4 Å². The second kappa shape index (κ2) is 7.91. The number of rotatable bonds is 7. The standard InChI is InChI=1S/C13H21N3O5S.ClH/c1-13(2,8-14)9-15(3)22(19,20)10-5-6-11(16(17)18)12(7-10)21-4;/h5-7H,8-9,14H2,1-4H3;1H. The maximum atomic E-state index is 12.5. The molecule has 1 rings (SSSR count). The maximum absolute atomic E-state index is 12.5. The number of sulfonamides is 1. The molecule has 2 N–H and O–H groups in total. The van der Waals surface area contributed by atoms with E-state index in [0.717, 1.165) is 12.1 Å². The van der Waals surface area contributed by atoms with E-state index in [2.05, 4.69) is 0 Å². The van der Waals surface area contributed by atoms with Crippen molar-refractivity contribution >= 4 is 28.1 Å². The van der Waals surface area contributed by atoms with Crippen LogP contribution in [-0.4, -0.2) is 44.9 Å². The zero-order valence-corrected chi connectivity index (χ0v) is 15.1. The number of methoxy groups -OCH3 is 1. The number of nitrogens with zero attached hydrogens (tertiary/aromatic N) is 2. The lowest BCUT2D eigenvalue weighted by molar-refractivity contribution is -0.385. The molecule has 132 valence electrons. The highest BCUT2D eigenvalue weighted by molar-refractivity contribution is 7.89. The van der Waals surface area contributed by atoms with E-state index in [1.807, 2.05) is 13.8 Å². The number of nitrogens with two attached hydrogens (primary N) is 1. The van der Waals surface area contributed by atoms with Gasteiger partial charge in [0, 0.05) is 25.7 Å². The molecule has 0 aliphatic carbocycles. The second-order valence-electron chi connectivity index (χ2n) is 5.72. The van der Waals surface area contributed by atoms with Crippen LogP contribution in [-0.2, 0) is 10.0 Å². The van der Waals surface area contributed by atoms with Gasteiger partial charge in [-0.15, -0.1) is 12.4 Å². The van der Waals surface area contributed by atoms with E-state index in [4.69, 9.17) is 10.5 Å². The lowest BCUT2D eigenvalue weighted by Crippen LogP contribution is -2.39. The SMILES string of the molecule is COc1cc(S(=O)(=O)N(C)CC(C)(C)CN)ccc1[N+](=O)[O-].Cl. The first-order chi connectivity index (χ1) is 10.0. The fourth-order valence-corrected chi connectivity index (χ4v) is 3.28. The molecule has 0 aliphatic heterocycles. The maximum Gasteiger partial charge on any atom is 0.310 e. The van der Waals surface area contributed by atoms with Gasteiger partial charge in [0.05, 0.1) is 16.9 Å². The van der Waals surface area contributed by atoms with E-state index >= 15 is 0 Å². The van der Waals surface area contributed by atoms with Gasteiger partial charge in [-0.1, -0.05) is 13.8 Å². The summed E-state index contributed by atoms with van der Waals surface area (Å²) in [6, 6.07) is 3.47. The van der Waals surface area contributed by atoms with Crippen LogP contribution in [0.1, 0.15) is 13.8 Å². The van der Waals surface area contributed by atoms with Crippen molar-refractivity contribution in [2.45, 2.75) is 18.7 Å². The minimum Gasteiger partial charge on any atom is -0.490 e. The summed E-state index contributed by atoms with van der Waals surface area (Å²) >= 11 is 0. The van der Waals surface area contributed by atoms with Gasteiger partial charge in [-0.25, -0.2) is 12.7 Å². The molecule has 0 amide bonds. The average molecular weight is 368 g/mol. The van der Waals surface area contributed by atoms with Gasteiger partial charge >= 0.3 is 5.69 Å². The molecule has 0 fully saturated rings. The normalized spacial score (nSPS) is 11.9. The molecule has 0 spiro atoms. The van der Waals surface area contributed by atoms with Crippen LogP contribution in [0.25, 0.3) is 0 Å². The van der Waals surface area contributed by atoms with Gasteiger partial charge in [0.25, 0.3) is 0 Å². The monoisotopic (exact) mass is 367 g/mol. The third-order valence-corrected chi connectivity index (χ3v) is 5.06. The third kappa shape index (κ3) is 5.03. The molecule has 0 unspecified atom stereocenters. The molecule has 0 radical (unpaired) electrons. The van der Waals surface area contributed by atoms with E-state index in [0.29, 0.717) is 6.54 Å². The number of hydrogen-bond donors (Lipinski definition) is 1. The molecule has 0 saturated heterocycles. The summed E-state index contributed by atoms with van der Waals surface area (Å²) in [5.41, 5.74) is 4.95. The van der Waals surface area contributed by atoms with Gasteiger partial charge in [0.1, 0.15) is 0 Å². The Kier molecular flexibility index (Phi) is 7.42. The van der Waals surface area contributed by atoms with Crippen molar-refractivity contribution in [3.8, 4) is 5.75 Å². The summed E-state index contributed by atoms with van der Waals surface area (Å²) in [4.78, 5) is 10.2. The molecule has 23 heavy (non-hydrogen) atoms. The quantitative estimate of drug-likeness (QED) is 0.578. The highest BCUT2D eigenvalue weighted by Crippen LogP contribution is 2.30. The molecule has 0 aromatic heterocycles. The van der Waals surface area contributed by atoms with Crippen molar-refractivity contribution in [1.29, 1.82) is 0 Å². The molecule has 0 bridgehead atoms. The lowest BCUT2D eigenvalue weighted by Gasteiger charge is -2.28. The van der Waals surface area contributed by atoms with Crippen LogP contribution in [0, 0.1) is 15.5 Å². The predicted octanol–water partition coefficient (Wildman–Crippen LogP) is 1.63. The zero-order chi connectivity index (χ0) is 17.1. The van der Waals surface area contributed by atoms with Gasteiger partial charge < -0.3 is 10.5 Å². The molecule has 8 nitrogen and oxygen atoms in total. The molecule has 0 saturated carbocycles. The molecule has 0 aliphatic rings. The van der Waals surface area contributed by atoms with Gasteiger partial charge in [-0.3, -0.25) is 10.1 Å². The van der Waals surface area contributed by atoms with Gasteiger partial charge in [-0.2, -0.15) is 0 Å². The van der Waals surface area contributed by atoms with E-state index in [1.54, 1.807) is 0 Å². The number of ether oxygens (including phenoxy) is 1. The Morgan fingerprint density at radius 1 is 1.39 bits per heavy atom. The van der Waals surface area contributed by atoms with Crippen LogP contribution < -0.4 is 10.5 Å². The van der Waals surface area contributed by atoms with Crippen molar-refractivity contribution in [1.82, 2.24) is 4.31 Å². The van der Waals surface area contributed by atoms with Crippen LogP contribution in [0.3, 0.4) is 0 Å². The van der Waals surface area contributed by atoms with Gasteiger partial charge in [0.15, 0.2) is 5.75 Å². The number of nitro benzene ring substituents is 1.